The summed E-state index contributed by atoms with van der Waals surface area (Å²) in [6.45, 7) is -0.0369. The van der Waals surface area contributed by atoms with E-state index in [9.17, 15) is 23.1 Å². The average molecular weight is 325 g/mol. The topological polar surface area (TPSA) is 53.4 Å². The van der Waals surface area contributed by atoms with Crippen LogP contribution in [0.15, 0.2) is 16.6 Å². The first-order valence-corrected chi connectivity index (χ1v) is 5.80. The predicted octanol–water partition coefficient (Wildman–Crippen LogP) is 1.96. The van der Waals surface area contributed by atoms with E-state index in [1.165, 1.54) is 12.1 Å². The molecule has 0 aromatic carbocycles. The van der Waals surface area contributed by atoms with Crippen LogP contribution >= 0.6 is 15.9 Å². The minimum absolute atomic E-state index is 0.0369. The van der Waals surface area contributed by atoms with E-state index in [0.717, 1.165) is 4.90 Å². The number of carbonyl (C=O) groups excluding carboxylic acids is 1. The lowest BCUT2D eigenvalue weighted by atomic mass is 10.3. The highest BCUT2D eigenvalue weighted by Gasteiger charge is 2.37. The van der Waals surface area contributed by atoms with Crippen molar-refractivity contribution in [2.75, 3.05) is 11.4 Å². The Hall–Kier alpha value is -1.15. The molecule has 98 valence electrons. The van der Waals surface area contributed by atoms with Gasteiger partial charge in [-0.1, -0.05) is 0 Å². The third-order valence-electron chi connectivity index (χ3n) is 2.48. The van der Waals surface area contributed by atoms with Gasteiger partial charge in [0.2, 0.25) is 5.91 Å². The van der Waals surface area contributed by atoms with Crippen molar-refractivity contribution in [2.45, 2.75) is 18.7 Å². The standard InChI is InChI=1S/C10H8BrF3N2O2/c11-6-1-2-7(15-9(6)10(12,13)14)16-4-5(17)3-8(16)18/h1-2,5,17H,3-4H2. The highest BCUT2D eigenvalue weighted by Crippen LogP contribution is 2.35. The number of anilines is 1. The minimum atomic E-state index is -4.60. The van der Waals surface area contributed by atoms with Crippen molar-refractivity contribution in [3.63, 3.8) is 0 Å². The summed E-state index contributed by atoms with van der Waals surface area (Å²) in [6, 6.07) is 2.48. The molecular weight excluding hydrogens is 317 g/mol. The predicted molar refractivity (Wildman–Crippen MR) is 59.9 cm³/mol. The number of rotatable bonds is 1. The van der Waals surface area contributed by atoms with Gasteiger partial charge >= 0.3 is 6.18 Å². The van der Waals surface area contributed by atoms with Gasteiger partial charge in [-0.15, -0.1) is 0 Å². The van der Waals surface area contributed by atoms with Crippen LogP contribution in [0.25, 0.3) is 0 Å². The molecule has 2 heterocycles. The zero-order valence-electron chi connectivity index (χ0n) is 8.91. The Morgan fingerprint density at radius 1 is 1.44 bits per heavy atom. The van der Waals surface area contributed by atoms with E-state index in [0.29, 0.717) is 0 Å². The number of nitrogens with zero attached hydrogens (tertiary/aromatic N) is 2. The molecule has 0 bridgehead atoms. The molecule has 18 heavy (non-hydrogen) atoms. The Morgan fingerprint density at radius 2 is 2.11 bits per heavy atom. The second-order valence-corrected chi connectivity index (χ2v) is 4.71. The quantitative estimate of drug-likeness (QED) is 0.859. The summed E-state index contributed by atoms with van der Waals surface area (Å²) in [4.78, 5) is 15.9. The molecule has 1 unspecified atom stereocenters. The first-order valence-electron chi connectivity index (χ1n) is 5.01. The average Bonchev–Trinajstić information content (AvgIpc) is 2.57. The molecule has 1 aromatic heterocycles. The molecule has 0 spiro atoms. The lowest BCUT2D eigenvalue weighted by Gasteiger charge is -2.17. The molecule has 1 fully saturated rings. The van der Waals surface area contributed by atoms with Crippen molar-refractivity contribution < 1.29 is 23.1 Å². The van der Waals surface area contributed by atoms with Crippen molar-refractivity contribution in [2.24, 2.45) is 0 Å². The molecule has 1 aromatic rings. The summed E-state index contributed by atoms with van der Waals surface area (Å²) < 4.78 is 37.7. The first kappa shape index (κ1) is 13.3. The Balaban J connectivity index is 2.39. The lowest BCUT2D eigenvalue weighted by molar-refractivity contribution is -0.141. The second-order valence-electron chi connectivity index (χ2n) is 3.86. The van der Waals surface area contributed by atoms with E-state index in [1.54, 1.807) is 0 Å². The summed E-state index contributed by atoms with van der Waals surface area (Å²) in [5.74, 6) is -0.544. The molecule has 0 radical (unpaired) electrons. The third kappa shape index (κ3) is 2.49. The molecule has 1 N–H and O–H groups in total. The zero-order chi connectivity index (χ0) is 13.5. The molecule has 1 aliphatic rings. The van der Waals surface area contributed by atoms with Crippen LogP contribution in [0.1, 0.15) is 12.1 Å². The zero-order valence-corrected chi connectivity index (χ0v) is 10.5. The fourth-order valence-electron chi connectivity index (χ4n) is 1.69. The highest BCUT2D eigenvalue weighted by molar-refractivity contribution is 9.10. The van der Waals surface area contributed by atoms with E-state index < -0.39 is 23.9 Å². The van der Waals surface area contributed by atoms with Gasteiger partial charge in [0.05, 0.1) is 19.1 Å². The fraction of sp³-hybridized carbons (Fsp3) is 0.400. The molecular formula is C10H8BrF3N2O2. The number of halogens is 4. The van der Waals surface area contributed by atoms with Crippen molar-refractivity contribution in [1.82, 2.24) is 4.98 Å². The third-order valence-corrected chi connectivity index (χ3v) is 3.12. The number of aliphatic hydroxyl groups excluding tert-OH is 1. The van der Waals surface area contributed by atoms with E-state index in [4.69, 9.17) is 0 Å². The van der Waals surface area contributed by atoms with Crippen molar-refractivity contribution in [3.05, 3.63) is 22.3 Å². The Morgan fingerprint density at radius 3 is 2.61 bits per heavy atom. The number of β-amino-alcohol motifs (C(OH)–C–C–N with tert-alkyl or cyclic N) is 1. The van der Waals surface area contributed by atoms with Gasteiger partial charge < -0.3 is 5.11 Å². The molecule has 8 heteroatoms. The maximum absolute atomic E-state index is 12.6. The Kier molecular flexibility index (Phi) is 3.33. The normalized spacial score (nSPS) is 20.6. The molecule has 1 saturated heterocycles. The molecule has 0 saturated carbocycles. The van der Waals surface area contributed by atoms with E-state index in [-0.39, 0.29) is 23.3 Å². The van der Waals surface area contributed by atoms with Crippen LogP contribution in [0.2, 0.25) is 0 Å². The summed E-state index contributed by atoms with van der Waals surface area (Å²) in [5.41, 5.74) is -1.09. The van der Waals surface area contributed by atoms with Gasteiger partial charge in [0.1, 0.15) is 5.82 Å². The molecule has 0 aliphatic carbocycles. The molecule has 1 atom stereocenters. The number of amides is 1. The summed E-state index contributed by atoms with van der Waals surface area (Å²) in [5, 5.41) is 9.29. The van der Waals surface area contributed by atoms with Gasteiger partial charge in [-0.25, -0.2) is 4.98 Å². The monoisotopic (exact) mass is 324 g/mol. The van der Waals surface area contributed by atoms with Gasteiger partial charge in [-0.2, -0.15) is 13.2 Å². The molecule has 2 rings (SSSR count). The molecule has 4 nitrogen and oxygen atoms in total. The van der Waals surface area contributed by atoms with Crippen LogP contribution in [0.5, 0.6) is 0 Å². The van der Waals surface area contributed by atoms with Crippen LogP contribution < -0.4 is 4.90 Å². The van der Waals surface area contributed by atoms with Crippen LogP contribution in [-0.4, -0.2) is 28.6 Å². The van der Waals surface area contributed by atoms with Crippen molar-refractivity contribution in [3.8, 4) is 0 Å². The van der Waals surface area contributed by atoms with E-state index >= 15 is 0 Å². The Labute approximate surface area is 109 Å². The SMILES string of the molecule is O=C1CC(O)CN1c1ccc(Br)c(C(F)(F)F)n1. The van der Waals surface area contributed by atoms with Gasteiger partial charge in [-0.3, -0.25) is 9.69 Å². The van der Waals surface area contributed by atoms with Crippen LogP contribution in [-0.2, 0) is 11.0 Å². The van der Waals surface area contributed by atoms with Crippen LogP contribution in [0, 0.1) is 0 Å². The smallest absolute Gasteiger partial charge is 0.391 e. The van der Waals surface area contributed by atoms with Gasteiger partial charge in [0, 0.05) is 4.47 Å². The number of alkyl halides is 3. The number of hydrogen-bond donors (Lipinski definition) is 1. The van der Waals surface area contributed by atoms with Gasteiger partial charge in [0.15, 0.2) is 5.69 Å². The molecule has 1 aliphatic heterocycles. The number of carbonyl (C=O) groups is 1. The minimum Gasteiger partial charge on any atom is -0.391 e. The maximum atomic E-state index is 12.6. The molecule has 1 amide bonds. The van der Waals surface area contributed by atoms with Crippen molar-refractivity contribution >= 4 is 27.7 Å². The second kappa shape index (κ2) is 4.51. The number of aromatic nitrogens is 1. The number of pyridine rings is 1. The summed E-state index contributed by atoms with van der Waals surface area (Å²) >= 11 is 2.77. The van der Waals surface area contributed by atoms with Gasteiger partial charge in [-0.05, 0) is 28.1 Å². The summed E-state index contributed by atoms with van der Waals surface area (Å²) in [6.07, 6.45) is -5.56. The fourth-order valence-corrected chi connectivity index (χ4v) is 2.14. The van der Waals surface area contributed by atoms with Gasteiger partial charge in [0.25, 0.3) is 0 Å². The Bertz CT molecular complexity index is 493. The largest absolute Gasteiger partial charge is 0.434 e. The maximum Gasteiger partial charge on any atom is 0.434 e. The van der Waals surface area contributed by atoms with E-state index in [2.05, 4.69) is 20.9 Å². The summed E-state index contributed by atoms with van der Waals surface area (Å²) in [7, 11) is 0. The lowest BCUT2D eigenvalue weighted by Crippen LogP contribution is -2.27. The number of aliphatic hydroxyl groups is 1. The van der Waals surface area contributed by atoms with Crippen molar-refractivity contribution in [1.29, 1.82) is 0 Å². The van der Waals surface area contributed by atoms with Crippen LogP contribution in [0.4, 0.5) is 19.0 Å². The first-order chi connectivity index (χ1) is 8.29. The number of hydrogen-bond acceptors (Lipinski definition) is 3. The van der Waals surface area contributed by atoms with E-state index in [1.807, 2.05) is 0 Å². The highest BCUT2D eigenvalue weighted by atomic mass is 79.9. The van der Waals surface area contributed by atoms with Crippen LogP contribution in [0.3, 0.4) is 0 Å².